The van der Waals surface area contributed by atoms with Gasteiger partial charge in [0.15, 0.2) is 0 Å². The fourth-order valence-electron chi connectivity index (χ4n) is 2.65. The molecule has 118 valence electrons. The topological polar surface area (TPSA) is 56.1 Å². The second-order valence-electron chi connectivity index (χ2n) is 5.52. The number of nitrogens with one attached hydrogen (secondary N) is 1. The summed E-state index contributed by atoms with van der Waals surface area (Å²) in [7, 11) is 3.56. The van der Waals surface area contributed by atoms with Crippen molar-refractivity contribution in [2.24, 2.45) is 7.05 Å². The molecule has 1 aromatic heterocycles. The summed E-state index contributed by atoms with van der Waals surface area (Å²) < 4.78 is 7.37. The van der Waals surface area contributed by atoms with Crippen LogP contribution in [0.3, 0.4) is 0 Å². The largest absolute Gasteiger partial charge is 0.496 e. The normalized spacial score (nSPS) is 10.7. The van der Waals surface area contributed by atoms with Gasteiger partial charge in [0.25, 0.3) is 5.91 Å². The van der Waals surface area contributed by atoms with Crippen LogP contribution >= 0.6 is 0 Å². The maximum atomic E-state index is 12.3. The molecule has 23 heavy (non-hydrogen) atoms. The highest BCUT2D eigenvalue weighted by atomic mass is 16.5. The van der Waals surface area contributed by atoms with Gasteiger partial charge in [-0.3, -0.25) is 4.79 Å². The predicted molar refractivity (Wildman–Crippen MR) is 89.6 cm³/mol. The van der Waals surface area contributed by atoms with E-state index in [0.717, 1.165) is 27.9 Å². The van der Waals surface area contributed by atoms with Crippen molar-refractivity contribution in [1.82, 2.24) is 14.9 Å². The van der Waals surface area contributed by atoms with Gasteiger partial charge in [0.05, 0.1) is 24.5 Å². The molecule has 5 nitrogen and oxygen atoms in total. The SMILES string of the molecule is COc1ccc2ncn(C)c2c1CNC(=O)c1ccc(C)cc1. The Hall–Kier alpha value is -2.82. The summed E-state index contributed by atoms with van der Waals surface area (Å²) in [6.07, 6.45) is 1.76. The first-order valence-electron chi connectivity index (χ1n) is 7.42. The number of benzene rings is 2. The summed E-state index contributed by atoms with van der Waals surface area (Å²) in [6, 6.07) is 11.3. The van der Waals surface area contributed by atoms with E-state index < -0.39 is 0 Å². The molecule has 1 N–H and O–H groups in total. The molecule has 0 aliphatic rings. The van der Waals surface area contributed by atoms with E-state index in [4.69, 9.17) is 4.74 Å². The average Bonchev–Trinajstić information content (AvgIpc) is 2.94. The quantitative estimate of drug-likeness (QED) is 0.806. The van der Waals surface area contributed by atoms with Crippen molar-refractivity contribution >= 4 is 16.9 Å². The van der Waals surface area contributed by atoms with Crippen LogP contribution in [0.25, 0.3) is 11.0 Å². The van der Waals surface area contributed by atoms with E-state index in [-0.39, 0.29) is 5.91 Å². The van der Waals surface area contributed by atoms with Gasteiger partial charge in [-0.25, -0.2) is 4.98 Å². The van der Waals surface area contributed by atoms with Crippen LogP contribution in [0.4, 0.5) is 0 Å². The minimum Gasteiger partial charge on any atom is -0.496 e. The molecule has 3 rings (SSSR count). The fourth-order valence-corrected chi connectivity index (χ4v) is 2.65. The standard InChI is InChI=1S/C18H19N3O2/c1-12-4-6-13(7-5-12)18(22)19-10-14-16(23-3)9-8-15-17(14)21(2)11-20-15/h4-9,11H,10H2,1-3H3,(H,19,22). The number of fused-ring (bicyclic) bond motifs is 1. The number of rotatable bonds is 4. The third kappa shape index (κ3) is 2.90. The summed E-state index contributed by atoms with van der Waals surface area (Å²) in [5.74, 6) is 0.636. The highest BCUT2D eigenvalue weighted by Crippen LogP contribution is 2.27. The second-order valence-corrected chi connectivity index (χ2v) is 5.52. The second kappa shape index (κ2) is 6.12. The molecular formula is C18H19N3O2. The van der Waals surface area contributed by atoms with Crippen molar-refractivity contribution in [2.75, 3.05) is 7.11 Å². The highest BCUT2D eigenvalue weighted by Gasteiger charge is 2.14. The summed E-state index contributed by atoms with van der Waals surface area (Å²) >= 11 is 0. The van der Waals surface area contributed by atoms with Crippen LogP contribution in [0, 0.1) is 6.92 Å². The van der Waals surface area contributed by atoms with Gasteiger partial charge in [0.2, 0.25) is 0 Å². The number of imidazole rings is 1. The Kier molecular flexibility index (Phi) is 4.02. The monoisotopic (exact) mass is 309 g/mol. The summed E-state index contributed by atoms with van der Waals surface area (Å²) in [5.41, 5.74) is 4.54. The molecule has 0 radical (unpaired) electrons. The molecule has 0 atom stereocenters. The van der Waals surface area contributed by atoms with Crippen molar-refractivity contribution < 1.29 is 9.53 Å². The molecule has 2 aromatic carbocycles. The van der Waals surface area contributed by atoms with E-state index in [0.29, 0.717) is 12.1 Å². The van der Waals surface area contributed by atoms with E-state index in [1.807, 2.05) is 54.9 Å². The summed E-state index contributed by atoms with van der Waals surface area (Å²) in [5, 5.41) is 2.96. The van der Waals surface area contributed by atoms with E-state index >= 15 is 0 Å². The summed E-state index contributed by atoms with van der Waals surface area (Å²) in [4.78, 5) is 16.7. The van der Waals surface area contributed by atoms with Gasteiger partial charge in [-0.05, 0) is 31.2 Å². The molecule has 0 aliphatic heterocycles. The zero-order valence-corrected chi connectivity index (χ0v) is 13.5. The third-order valence-electron chi connectivity index (χ3n) is 3.90. The number of amides is 1. The molecule has 1 amide bonds. The number of aryl methyl sites for hydroxylation is 2. The minimum absolute atomic E-state index is 0.105. The number of methoxy groups -OCH3 is 1. The molecule has 3 aromatic rings. The summed E-state index contributed by atoms with van der Waals surface area (Å²) in [6.45, 7) is 2.38. The van der Waals surface area contributed by atoms with Crippen molar-refractivity contribution in [3.8, 4) is 5.75 Å². The lowest BCUT2D eigenvalue weighted by Gasteiger charge is -2.12. The number of carbonyl (C=O) groups is 1. The lowest BCUT2D eigenvalue weighted by Crippen LogP contribution is -2.23. The highest BCUT2D eigenvalue weighted by molar-refractivity contribution is 5.94. The average molecular weight is 309 g/mol. The van der Waals surface area contributed by atoms with Gasteiger partial charge in [-0.1, -0.05) is 17.7 Å². The lowest BCUT2D eigenvalue weighted by molar-refractivity contribution is 0.0951. The van der Waals surface area contributed by atoms with Gasteiger partial charge in [0, 0.05) is 24.7 Å². The van der Waals surface area contributed by atoms with Crippen molar-refractivity contribution in [2.45, 2.75) is 13.5 Å². The Bertz CT molecular complexity index is 851. The third-order valence-corrected chi connectivity index (χ3v) is 3.90. The van der Waals surface area contributed by atoms with Crippen molar-refractivity contribution in [1.29, 1.82) is 0 Å². The van der Waals surface area contributed by atoms with Gasteiger partial charge in [-0.2, -0.15) is 0 Å². The molecule has 0 unspecified atom stereocenters. The zero-order chi connectivity index (χ0) is 16.4. The van der Waals surface area contributed by atoms with Gasteiger partial charge in [0.1, 0.15) is 5.75 Å². The Balaban J connectivity index is 1.87. The van der Waals surface area contributed by atoms with Crippen molar-refractivity contribution in [3.63, 3.8) is 0 Å². The predicted octanol–water partition coefficient (Wildman–Crippen LogP) is 2.82. The molecule has 0 aliphatic carbocycles. The van der Waals surface area contributed by atoms with Crippen LogP contribution in [0.2, 0.25) is 0 Å². The molecular weight excluding hydrogens is 290 g/mol. The number of nitrogens with zero attached hydrogens (tertiary/aromatic N) is 2. The number of carbonyl (C=O) groups excluding carboxylic acids is 1. The van der Waals surface area contributed by atoms with Gasteiger partial charge < -0.3 is 14.6 Å². The first kappa shape index (κ1) is 15.1. The maximum absolute atomic E-state index is 12.3. The van der Waals surface area contributed by atoms with E-state index in [9.17, 15) is 4.79 Å². The molecule has 0 spiro atoms. The zero-order valence-electron chi connectivity index (χ0n) is 13.5. The first-order chi connectivity index (χ1) is 11.1. The minimum atomic E-state index is -0.105. The van der Waals surface area contributed by atoms with Crippen LogP contribution in [0.1, 0.15) is 21.5 Å². The maximum Gasteiger partial charge on any atom is 0.251 e. The van der Waals surface area contributed by atoms with Crippen LogP contribution < -0.4 is 10.1 Å². The smallest absolute Gasteiger partial charge is 0.251 e. The van der Waals surface area contributed by atoms with Crippen LogP contribution in [-0.4, -0.2) is 22.6 Å². The number of aromatic nitrogens is 2. The van der Waals surface area contributed by atoms with Gasteiger partial charge >= 0.3 is 0 Å². The lowest BCUT2D eigenvalue weighted by atomic mass is 10.1. The van der Waals surface area contributed by atoms with E-state index in [1.165, 1.54) is 0 Å². The fraction of sp³-hybridized carbons (Fsp3) is 0.222. The Morgan fingerprint density at radius 1 is 1.22 bits per heavy atom. The van der Waals surface area contributed by atoms with Crippen LogP contribution in [0.5, 0.6) is 5.75 Å². The first-order valence-corrected chi connectivity index (χ1v) is 7.42. The number of ether oxygens (including phenoxy) is 1. The number of hydrogen-bond donors (Lipinski definition) is 1. The molecule has 0 bridgehead atoms. The Labute approximate surface area is 134 Å². The Morgan fingerprint density at radius 2 is 1.96 bits per heavy atom. The molecule has 0 saturated carbocycles. The van der Waals surface area contributed by atoms with Crippen molar-refractivity contribution in [3.05, 3.63) is 59.4 Å². The molecule has 0 saturated heterocycles. The molecule has 5 heteroatoms. The molecule has 1 heterocycles. The van der Waals surface area contributed by atoms with E-state index in [2.05, 4.69) is 10.3 Å². The van der Waals surface area contributed by atoms with Crippen LogP contribution in [-0.2, 0) is 13.6 Å². The number of hydrogen-bond acceptors (Lipinski definition) is 3. The van der Waals surface area contributed by atoms with Gasteiger partial charge in [-0.15, -0.1) is 0 Å². The van der Waals surface area contributed by atoms with Crippen LogP contribution in [0.15, 0.2) is 42.7 Å². The van der Waals surface area contributed by atoms with E-state index in [1.54, 1.807) is 13.4 Å². The molecule has 0 fully saturated rings. The Morgan fingerprint density at radius 3 is 2.65 bits per heavy atom.